The summed E-state index contributed by atoms with van der Waals surface area (Å²) in [6.07, 6.45) is 1.86. The molecule has 0 bridgehead atoms. The van der Waals surface area contributed by atoms with E-state index in [1.54, 1.807) is 0 Å². The lowest BCUT2D eigenvalue weighted by Crippen LogP contribution is -2.07. The molecule has 0 saturated heterocycles. The van der Waals surface area contributed by atoms with E-state index in [4.69, 9.17) is 5.73 Å². The Morgan fingerprint density at radius 2 is 2.12 bits per heavy atom. The number of aryl methyl sites for hydroxylation is 2. The van der Waals surface area contributed by atoms with Crippen molar-refractivity contribution in [1.82, 2.24) is 19.6 Å². The fourth-order valence-corrected chi connectivity index (χ4v) is 1.95. The van der Waals surface area contributed by atoms with Gasteiger partial charge in [-0.2, -0.15) is 10.2 Å². The molecule has 0 unspecified atom stereocenters. The quantitative estimate of drug-likeness (QED) is 0.848. The summed E-state index contributed by atoms with van der Waals surface area (Å²) in [7, 11) is 1.93. The number of hydrogen-bond acceptors (Lipinski definition) is 3. The number of rotatable bonds is 2. The Morgan fingerprint density at radius 3 is 2.56 bits per heavy atom. The fourth-order valence-electron chi connectivity index (χ4n) is 1.56. The Hall–Kier alpha value is -1.05. The third kappa shape index (κ3) is 1.81. The molecule has 2 rings (SSSR count). The number of nitrogen functional groups attached to an aromatic ring is 1. The first-order chi connectivity index (χ1) is 7.50. The van der Waals surface area contributed by atoms with Crippen LogP contribution in [0.1, 0.15) is 17.0 Å². The summed E-state index contributed by atoms with van der Waals surface area (Å²) < 4.78 is 4.70. The van der Waals surface area contributed by atoms with Gasteiger partial charge in [0.15, 0.2) is 0 Å². The molecule has 2 aromatic rings. The minimum Gasteiger partial charge on any atom is -0.383 e. The zero-order chi connectivity index (χ0) is 11.9. The number of anilines is 1. The Kier molecular flexibility index (Phi) is 2.92. The lowest BCUT2D eigenvalue weighted by Gasteiger charge is -2.03. The second kappa shape index (κ2) is 4.08. The maximum atomic E-state index is 5.97. The van der Waals surface area contributed by atoms with Gasteiger partial charge in [0.25, 0.3) is 0 Å². The molecular formula is C10H14IN5. The van der Waals surface area contributed by atoms with Crippen molar-refractivity contribution in [2.45, 2.75) is 20.4 Å². The second-order valence-corrected chi connectivity index (χ2v) is 4.90. The number of aromatic nitrogens is 4. The molecule has 2 aromatic heterocycles. The molecule has 0 fully saturated rings. The van der Waals surface area contributed by atoms with Crippen molar-refractivity contribution in [2.75, 3.05) is 5.73 Å². The van der Waals surface area contributed by atoms with Gasteiger partial charge in [-0.25, -0.2) is 4.68 Å². The zero-order valence-electron chi connectivity index (χ0n) is 9.53. The van der Waals surface area contributed by atoms with Gasteiger partial charge in [0.2, 0.25) is 0 Å². The summed E-state index contributed by atoms with van der Waals surface area (Å²) in [5.74, 6) is 0.723. The molecule has 86 valence electrons. The van der Waals surface area contributed by atoms with Crippen molar-refractivity contribution in [3.63, 3.8) is 0 Å². The summed E-state index contributed by atoms with van der Waals surface area (Å²) in [6, 6.07) is 0. The third-order valence-electron chi connectivity index (χ3n) is 2.75. The van der Waals surface area contributed by atoms with Crippen LogP contribution in [-0.2, 0) is 13.6 Å². The molecule has 2 heterocycles. The topological polar surface area (TPSA) is 61.7 Å². The number of halogens is 1. The van der Waals surface area contributed by atoms with Gasteiger partial charge in [-0.15, -0.1) is 0 Å². The predicted molar refractivity (Wildman–Crippen MR) is 71.1 cm³/mol. The van der Waals surface area contributed by atoms with Gasteiger partial charge < -0.3 is 5.73 Å². The van der Waals surface area contributed by atoms with Gasteiger partial charge in [0.05, 0.1) is 22.0 Å². The van der Waals surface area contributed by atoms with Crippen LogP contribution >= 0.6 is 22.6 Å². The van der Waals surface area contributed by atoms with Crippen molar-refractivity contribution in [2.24, 2.45) is 7.05 Å². The van der Waals surface area contributed by atoms with Crippen LogP contribution in [0.25, 0.3) is 0 Å². The normalized spacial score (nSPS) is 11.0. The summed E-state index contributed by atoms with van der Waals surface area (Å²) >= 11 is 2.22. The van der Waals surface area contributed by atoms with Crippen LogP contribution in [0, 0.1) is 17.4 Å². The van der Waals surface area contributed by atoms with Gasteiger partial charge in [-0.3, -0.25) is 4.68 Å². The van der Waals surface area contributed by atoms with E-state index in [0.717, 1.165) is 26.3 Å². The van der Waals surface area contributed by atoms with Gasteiger partial charge >= 0.3 is 0 Å². The molecule has 0 atom stereocenters. The maximum absolute atomic E-state index is 5.97. The van der Waals surface area contributed by atoms with Crippen molar-refractivity contribution >= 4 is 28.4 Å². The smallest absolute Gasteiger partial charge is 0.135 e. The summed E-state index contributed by atoms with van der Waals surface area (Å²) in [5.41, 5.74) is 9.23. The Balaban J connectivity index is 2.34. The highest BCUT2D eigenvalue weighted by atomic mass is 127. The number of hydrogen-bond donors (Lipinski definition) is 1. The average Bonchev–Trinajstić information content (AvgIpc) is 2.68. The Morgan fingerprint density at radius 1 is 1.44 bits per heavy atom. The molecule has 0 aromatic carbocycles. The molecule has 0 aliphatic carbocycles. The van der Waals surface area contributed by atoms with Crippen LogP contribution in [0.2, 0.25) is 0 Å². The first-order valence-electron chi connectivity index (χ1n) is 4.96. The van der Waals surface area contributed by atoms with Crippen LogP contribution in [0.3, 0.4) is 0 Å². The number of nitrogens with two attached hydrogens (primary N) is 1. The monoisotopic (exact) mass is 331 g/mol. The van der Waals surface area contributed by atoms with E-state index in [0.29, 0.717) is 6.54 Å². The molecule has 0 radical (unpaired) electrons. The molecular weight excluding hydrogens is 317 g/mol. The van der Waals surface area contributed by atoms with Gasteiger partial charge in [0, 0.05) is 18.3 Å². The second-order valence-electron chi connectivity index (χ2n) is 3.82. The van der Waals surface area contributed by atoms with Crippen LogP contribution in [0.15, 0.2) is 6.20 Å². The molecule has 0 spiro atoms. The molecule has 6 heteroatoms. The lowest BCUT2D eigenvalue weighted by molar-refractivity contribution is 0.681. The molecule has 0 aliphatic heterocycles. The highest BCUT2D eigenvalue weighted by Crippen LogP contribution is 2.20. The molecule has 5 nitrogen and oxygen atoms in total. The van der Waals surface area contributed by atoms with Crippen LogP contribution in [0.5, 0.6) is 0 Å². The largest absolute Gasteiger partial charge is 0.383 e. The lowest BCUT2D eigenvalue weighted by atomic mass is 10.2. The average molecular weight is 331 g/mol. The van der Waals surface area contributed by atoms with Crippen LogP contribution in [0.4, 0.5) is 5.82 Å². The fraction of sp³-hybridized carbons (Fsp3) is 0.400. The number of nitrogens with zero attached hydrogens (tertiary/aromatic N) is 4. The SMILES string of the molecule is Cc1nn(Cc2cnn(C)c2C)c(N)c1I. The van der Waals surface area contributed by atoms with Crippen molar-refractivity contribution < 1.29 is 0 Å². The Labute approximate surface area is 108 Å². The summed E-state index contributed by atoms with van der Waals surface area (Å²) in [5, 5.41) is 8.61. The summed E-state index contributed by atoms with van der Waals surface area (Å²) in [4.78, 5) is 0. The van der Waals surface area contributed by atoms with E-state index in [9.17, 15) is 0 Å². The van der Waals surface area contributed by atoms with Gasteiger partial charge in [-0.05, 0) is 36.4 Å². The Bertz CT molecular complexity index is 526. The minimum absolute atomic E-state index is 0.676. The third-order valence-corrected chi connectivity index (χ3v) is 4.08. The molecule has 2 N–H and O–H groups in total. The van der Waals surface area contributed by atoms with E-state index in [2.05, 4.69) is 32.8 Å². The first kappa shape index (κ1) is 11.4. The van der Waals surface area contributed by atoms with E-state index >= 15 is 0 Å². The molecule has 0 aliphatic rings. The standard InChI is InChI=1S/C10H14IN5/c1-6-9(11)10(12)16(14-6)5-8-4-13-15(3)7(8)2/h4H,5,12H2,1-3H3. The first-order valence-corrected chi connectivity index (χ1v) is 6.04. The molecule has 0 amide bonds. The van der Waals surface area contributed by atoms with Crippen LogP contribution < -0.4 is 5.73 Å². The van der Waals surface area contributed by atoms with E-state index in [1.807, 2.05) is 36.5 Å². The van der Waals surface area contributed by atoms with E-state index < -0.39 is 0 Å². The molecule has 0 saturated carbocycles. The minimum atomic E-state index is 0.676. The highest BCUT2D eigenvalue weighted by Gasteiger charge is 2.12. The van der Waals surface area contributed by atoms with Crippen molar-refractivity contribution in [3.05, 3.63) is 26.7 Å². The van der Waals surface area contributed by atoms with Crippen LogP contribution in [-0.4, -0.2) is 19.6 Å². The van der Waals surface area contributed by atoms with E-state index in [1.165, 1.54) is 0 Å². The van der Waals surface area contributed by atoms with Crippen molar-refractivity contribution in [3.8, 4) is 0 Å². The van der Waals surface area contributed by atoms with Crippen molar-refractivity contribution in [1.29, 1.82) is 0 Å². The predicted octanol–water partition coefficient (Wildman–Crippen LogP) is 1.47. The maximum Gasteiger partial charge on any atom is 0.135 e. The zero-order valence-corrected chi connectivity index (χ0v) is 11.7. The summed E-state index contributed by atoms with van der Waals surface area (Å²) in [6.45, 7) is 4.68. The van der Waals surface area contributed by atoms with Gasteiger partial charge in [-0.1, -0.05) is 0 Å². The van der Waals surface area contributed by atoms with E-state index in [-0.39, 0.29) is 0 Å². The molecule has 16 heavy (non-hydrogen) atoms. The highest BCUT2D eigenvalue weighted by molar-refractivity contribution is 14.1. The van der Waals surface area contributed by atoms with Gasteiger partial charge in [0.1, 0.15) is 5.82 Å².